The van der Waals surface area contributed by atoms with Crippen LogP contribution in [0.2, 0.25) is 0 Å². The number of nitrogens with two attached hydrogens (primary N) is 1. The Morgan fingerprint density at radius 2 is 1.82 bits per heavy atom. The average molecular weight is 397 g/mol. The lowest BCUT2D eigenvalue weighted by Crippen LogP contribution is -2.06. The largest absolute Gasteiger partial charge is 0.383 e. The number of sulfone groups is 1. The summed E-state index contributed by atoms with van der Waals surface area (Å²) in [6, 6.07) is 13.4. The van der Waals surface area contributed by atoms with Crippen molar-refractivity contribution in [2.75, 3.05) is 12.0 Å². The number of benzene rings is 2. The molecule has 0 unspecified atom stereocenters. The molecule has 9 heteroatoms. The van der Waals surface area contributed by atoms with Gasteiger partial charge < -0.3 is 5.73 Å². The topological polar surface area (TPSA) is 104 Å². The molecule has 0 fully saturated rings. The maximum Gasteiger partial charge on any atom is 0.249 e. The van der Waals surface area contributed by atoms with Crippen LogP contribution in [0.4, 0.5) is 10.2 Å². The van der Waals surface area contributed by atoms with E-state index < -0.39 is 20.8 Å². The minimum atomic E-state index is -3.75. The van der Waals surface area contributed by atoms with Crippen LogP contribution in [0.25, 0.3) is 28.0 Å². The van der Waals surface area contributed by atoms with E-state index >= 15 is 0 Å². The first-order valence-electron chi connectivity index (χ1n) is 8.34. The maximum atomic E-state index is 14.5. The second kappa shape index (κ2) is 6.38. The van der Waals surface area contributed by atoms with Crippen molar-refractivity contribution in [3.8, 4) is 16.9 Å². The van der Waals surface area contributed by atoms with Crippen molar-refractivity contribution >= 4 is 26.7 Å². The van der Waals surface area contributed by atoms with Gasteiger partial charge in [0.1, 0.15) is 11.6 Å². The number of anilines is 1. The van der Waals surface area contributed by atoms with Gasteiger partial charge in [-0.3, -0.25) is 0 Å². The van der Waals surface area contributed by atoms with Crippen LogP contribution >= 0.6 is 0 Å². The van der Waals surface area contributed by atoms with Crippen molar-refractivity contribution in [2.45, 2.75) is 12.1 Å². The van der Waals surface area contributed by atoms with E-state index in [2.05, 4.69) is 15.1 Å². The molecule has 4 rings (SSSR count). The van der Waals surface area contributed by atoms with Gasteiger partial charge in [-0.15, -0.1) is 5.10 Å². The van der Waals surface area contributed by atoms with Gasteiger partial charge in [-0.2, -0.15) is 4.98 Å². The Bertz CT molecular complexity index is 1330. The number of nitrogen functional groups attached to an aromatic ring is 1. The lowest BCUT2D eigenvalue weighted by Gasteiger charge is -2.07. The number of aryl methyl sites for hydroxylation is 1. The van der Waals surface area contributed by atoms with E-state index in [1.54, 1.807) is 6.07 Å². The van der Waals surface area contributed by atoms with Crippen LogP contribution in [0.1, 0.15) is 5.56 Å². The molecule has 142 valence electrons. The Morgan fingerprint density at radius 3 is 2.50 bits per heavy atom. The van der Waals surface area contributed by atoms with Crippen molar-refractivity contribution in [3.05, 3.63) is 59.9 Å². The Balaban J connectivity index is 2.11. The number of hydrogen-bond acceptors (Lipinski definition) is 6. The molecular weight excluding hydrogens is 381 g/mol. The second-order valence-electron chi connectivity index (χ2n) is 6.44. The van der Waals surface area contributed by atoms with E-state index in [-0.39, 0.29) is 22.7 Å². The third-order valence-electron chi connectivity index (χ3n) is 4.26. The number of aromatic nitrogens is 4. The quantitative estimate of drug-likeness (QED) is 0.533. The molecule has 0 spiro atoms. The first-order chi connectivity index (χ1) is 13.3. The zero-order valence-corrected chi connectivity index (χ0v) is 15.9. The molecular formula is C19H16FN5O2S. The molecule has 2 N–H and O–H groups in total. The molecule has 0 saturated heterocycles. The summed E-state index contributed by atoms with van der Waals surface area (Å²) in [6.45, 7) is 1.93. The van der Waals surface area contributed by atoms with Crippen LogP contribution in [0.15, 0.2) is 53.7 Å². The summed E-state index contributed by atoms with van der Waals surface area (Å²) >= 11 is 0. The molecule has 0 aliphatic heterocycles. The average Bonchev–Trinajstić information content (AvgIpc) is 2.98. The van der Waals surface area contributed by atoms with Crippen LogP contribution in [-0.4, -0.2) is 34.4 Å². The third-order valence-corrected chi connectivity index (χ3v) is 5.10. The molecule has 0 aliphatic rings. The molecule has 2 aromatic carbocycles. The predicted octanol–water partition coefficient (Wildman–Crippen LogP) is 2.92. The van der Waals surface area contributed by atoms with Crippen LogP contribution in [-0.2, 0) is 9.84 Å². The summed E-state index contributed by atoms with van der Waals surface area (Å²) in [5, 5.41) is 4.22. The van der Waals surface area contributed by atoms with Crippen LogP contribution in [0.5, 0.6) is 0 Å². The molecule has 2 aromatic heterocycles. The van der Waals surface area contributed by atoms with Gasteiger partial charge in [-0.1, -0.05) is 24.3 Å². The Labute approximate surface area is 160 Å². The summed E-state index contributed by atoms with van der Waals surface area (Å²) < 4.78 is 40.0. The maximum absolute atomic E-state index is 14.5. The molecule has 7 nitrogen and oxygen atoms in total. The van der Waals surface area contributed by atoms with Crippen LogP contribution < -0.4 is 5.73 Å². The number of rotatable bonds is 3. The van der Waals surface area contributed by atoms with E-state index in [0.717, 1.165) is 11.8 Å². The number of nitrogens with zero attached hydrogens (tertiary/aromatic N) is 4. The Morgan fingerprint density at radius 1 is 1.07 bits per heavy atom. The molecule has 0 saturated carbocycles. The Kier molecular flexibility index (Phi) is 4.11. The number of fused-ring (bicyclic) bond motifs is 1. The van der Waals surface area contributed by atoms with Gasteiger partial charge in [0.25, 0.3) is 0 Å². The molecule has 0 radical (unpaired) electrons. The van der Waals surface area contributed by atoms with Crippen molar-refractivity contribution in [3.63, 3.8) is 0 Å². The van der Waals surface area contributed by atoms with Crippen molar-refractivity contribution < 1.29 is 12.8 Å². The van der Waals surface area contributed by atoms with Crippen molar-refractivity contribution in [2.24, 2.45) is 0 Å². The Hall–Kier alpha value is -3.33. The van der Waals surface area contributed by atoms with Gasteiger partial charge in [0.2, 0.25) is 15.0 Å². The number of halogens is 1. The second-order valence-corrected chi connectivity index (χ2v) is 8.35. The van der Waals surface area contributed by atoms with Gasteiger partial charge in [-0.25, -0.2) is 22.5 Å². The van der Waals surface area contributed by atoms with Crippen LogP contribution in [0, 0.1) is 12.7 Å². The molecule has 2 heterocycles. The van der Waals surface area contributed by atoms with E-state index in [1.807, 2.05) is 31.2 Å². The molecule has 0 aliphatic carbocycles. The van der Waals surface area contributed by atoms with Crippen LogP contribution in [0.3, 0.4) is 0 Å². The standard InChI is InChI=1S/C19H16FN5O2S/c1-11-6-5-7-12(10-11)25-17(21)15-16(13-8-3-4-9-14(13)20)22-19(28(2,26)27)23-18(15)24-25/h3-10H,21H2,1-2H3. The molecule has 0 atom stereocenters. The van der Waals surface area contributed by atoms with E-state index in [0.29, 0.717) is 11.1 Å². The minimum Gasteiger partial charge on any atom is -0.383 e. The highest BCUT2D eigenvalue weighted by molar-refractivity contribution is 7.90. The summed E-state index contributed by atoms with van der Waals surface area (Å²) in [5.74, 6) is -0.358. The molecule has 0 bridgehead atoms. The highest BCUT2D eigenvalue weighted by atomic mass is 32.2. The van der Waals surface area contributed by atoms with Crippen molar-refractivity contribution in [1.29, 1.82) is 0 Å². The fraction of sp³-hybridized carbons (Fsp3) is 0.105. The van der Waals surface area contributed by atoms with Crippen molar-refractivity contribution in [1.82, 2.24) is 19.7 Å². The normalized spacial score (nSPS) is 11.8. The monoisotopic (exact) mass is 397 g/mol. The van der Waals surface area contributed by atoms with E-state index in [4.69, 9.17) is 5.73 Å². The van der Waals surface area contributed by atoms with Gasteiger partial charge >= 0.3 is 0 Å². The first-order valence-corrected chi connectivity index (χ1v) is 10.2. The summed E-state index contributed by atoms with van der Waals surface area (Å²) in [7, 11) is -3.75. The number of hydrogen-bond donors (Lipinski definition) is 1. The summed E-state index contributed by atoms with van der Waals surface area (Å²) in [5.41, 5.74) is 8.27. The highest BCUT2D eigenvalue weighted by Gasteiger charge is 2.23. The molecule has 28 heavy (non-hydrogen) atoms. The highest BCUT2D eigenvalue weighted by Crippen LogP contribution is 2.33. The third kappa shape index (κ3) is 2.99. The van der Waals surface area contributed by atoms with E-state index in [9.17, 15) is 12.8 Å². The van der Waals surface area contributed by atoms with Gasteiger partial charge in [-0.05, 0) is 36.8 Å². The van der Waals surface area contributed by atoms with Gasteiger partial charge in [0.05, 0.1) is 16.8 Å². The molecule has 0 amide bonds. The van der Waals surface area contributed by atoms with Gasteiger partial charge in [0, 0.05) is 11.8 Å². The zero-order chi connectivity index (χ0) is 20.1. The predicted molar refractivity (Wildman–Crippen MR) is 104 cm³/mol. The summed E-state index contributed by atoms with van der Waals surface area (Å²) in [4.78, 5) is 8.17. The van der Waals surface area contributed by atoms with Gasteiger partial charge in [0.15, 0.2) is 5.65 Å². The van der Waals surface area contributed by atoms with E-state index in [1.165, 1.54) is 22.9 Å². The smallest absolute Gasteiger partial charge is 0.249 e. The summed E-state index contributed by atoms with van der Waals surface area (Å²) in [6.07, 6.45) is 0.986. The lowest BCUT2D eigenvalue weighted by atomic mass is 10.1. The fourth-order valence-electron chi connectivity index (χ4n) is 2.96. The zero-order valence-electron chi connectivity index (χ0n) is 15.1. The first kappa shape index (κ1) is 18.1. The lowest BCUT2D eigenvalue weighted by molar-refractivity contribution is 0.593. The fourth-order valence-corrected chi connectivity index (χ4v) is 3.47. The SMILES string of the molecule is Cc1cccc(-n2nc3nc(S(C)(=O)=O)nc(-c4ccccc4F)c3c2N)c1. The minimum absolute atomic E-state index is 0.0766. The molecule has 4 aromatic rings.